The van der Waals surface area contributed by atoms with E-state index in [4.69, 9.17) is 5.73 Å². The van der Waals surface area contributed by atoms with E-state index in [0.717, 1.165) is 6.42 Å². The van der Waals surface area contributed by atoms with E-state index in [2.05, 4.69) is 5.32 Å². The number of anilines is 1. The maximum absolute atomic E-state index is 12.9. The highest BCUT2D eigenvalue weighted by atomic mass is 19.1. The second-order valence-electron chi connectivity index (χ2n) is 4.51. The summed E-state index contributed by atoms with van der Waals surface area (Å²) in [6.07, 6.45) is 0.844. The standard InChI is InChI=1S/C12H16FN3O/c1-2-12(14)7-16(8-12)11(17)15-10-5-3-4-9(13)6-10/h3-6H,2,7-8,14H2,1H3,(H,15,17). The predicted octanol–water partition coefficient (Wildman–Crippen LogP) is 1.78. The molecule has 4 nitrogen and oxygen atoms in total. The van der Waals surface area contributed by atoms with Crippen molar-refractivity contribution in [1.29, 1.82) is 0 Å². The van der Waals surface area contributed by atoms with Crippen molar-refractivity contribution in [3.63, 3.8) is 0 Å². The van der Waals surface area contributed by atoms with E-state index in [1.807, 2.05) is 6.92 Å². The molecule has 1 aromatic carbocycles. The lowest BCUT2D eigenvalue weighted by molar-refractivity contribution is 0.102. The monoisotopic (exact) mass is 237 g/mol. The molecule has 2 amide bonds. The molecule has 1 aliphatic heterocycles. The SMILES string of the molecule is CCC1(N)CN(C(=O)Nc2cccc(F)c2)C1. The number of halogens is 1. The van der Waals surface area contributed by atoms with Gasteiger partial charge in [-0.05, 0) is 24.6 Å². The van der Waals surface area contributed by atoms with Gasteiger partial charge in [-0.3, -0.25) is 0 Å². The zero-order valence-electron chi connectivity index (χ0n) is 9.74. The number of benzene rings is 1. The lowest BCUT2D eigenvalue weighted by Gasteiger charge is -2.47. The van der Waals surface area contributed by atoms with E-state index in [-0.39, 0.29) is 17.4 Å². The van der Waals surface area contributed by atoms with E-state index >= 15 is 0 Å². The first-order valence-electron chi connectivity index (χ1n) is 5.63. The number of likely N-dealkylation sites (tertiary alicyclic amines) is 1. The summed E-state index contributed by atoms with van der Waals surface area (Å²) in [5.74, 6) is -0.367. The average molecular weight is 237 g/mol. The van der Waals surface area contributed by atoms with Gasteiger partial charge in [0.25, 0.3) is 0 Å². The summed E-state index contributed by atoms with van der Waals surface area (Å²) < 4.78 is 12.9. The molecule has 0 saturated carbocycles. The van der Waals surface area contributed by atoms with Crippen molar-refractivity contribution in [2.45, 2.75) is 18.9 Å². The van der Waals surface area contributed by atoms with Crippen molar-refractivity contribution >= 4 is 11.7 Å². The molecule has 0 aromatic heterocycles. The molecular formula is C12H16FN3O. The molecule has 1 saturated heterocycles. The number of carbonyl (C=O) groups is 1. The highest BCUT2D eigenvalue weighted by Crippen LogP contribution is 2.22. The third-order valence-electron chi connectivity index (χ3n) is 3.08. The highest BCUT2D eigenvalue weighted by Gasteiger charge is 2.40. The van der Waals surface area contributed by atoms with Crippen LogP contribution in [0.15, 0.2) is 24.3 Å². The number of nitrogens with one attached hydrogen (secondary N) is 1. The molecule has 1 aliphatic rings. The summed E-state index contributed by atoms with van der Waals surface area (Å²) in [7, 11) is 0. The average Bonchev–Trinajstić information content (AvgIpc) is 2.24. The Labute approximate surface area is 99.6 Å². The van der Waals surface area contributed by atoms with Gasteiger partial charge in [-0.25, -0.2) is 9.18 Å². The van der Waals surface area contributed by atoms with Crippen LogP contribution in [0, 0.1) is 5.82 Å². The van der Waals surface area contributed by atoms with Crippen LogP contribution in [0.25, 0.3) is 0 Å². The number of nitrogens with two attached hydrogens (primary N) is 1. The number of hydrogen-bond donors (Lipinski definition) is 2. The van der Waals surface area contributed by atoms with Gasteiger partial charge in [-0.1, -0.05) is 13.0 Å². The Morgan fingerprint density at radius 2 is 2.29 bits per heavy atom. The Morgan fingerprint density at radius 3 is 2.88 bits per heavy atom. The van der Waals surface area contributed by atoms with Gasteiger partial charge in [0.2, 0.25) is 0 Å². The van der Waals surface area contributed by atoms with Crippen LogP contribution in [0.1, 0.15) is 13.3 Å². The van der Waals surface area contributed by atoms with Crippen LogP contribution in [-0.2, 0) is 0 Å². The van der Waals surface area contributed by atoms with E-state index in [1.54, 1.807) is 17.0 Å². The fourth-order valence-electron chi connectivity index (χ4n) is 1.85. The molecule has 3 N–H and O–H groups in total. The fourth-order valence-corrected chi connectivity index (χ4v) is 1.85. The molecule has 0 atom stereocenters. The Kier molecular flexibility index (Phi) is 3.02. The molecule has 0 unspecified atom stereocenters. The Morgan fingerprint density at radius 1 is 1.59 bits per heavy atom. The quantitative estimate of drug-likeness (QED) is 0.823. The molecule has 0 spiro atoms. The minimum absolute atomic E-state index is 0.231. The van der Waals surface area contributed by atoms with Crippen molar-refractivity contribution in [3.8, 4) is 0 Å². The fraction of sp³-hybridized carbons (Fsp3) is 0.417. The summed E-state index contributed by atoms with van der Waals surface area (Å²) in [5.41, 5.74) is 6.17. The lowest BCUT2D eigenvalue weighted by Crippen LogP contribution is -2.68. The summed E-state index contributed by atoms with van der Waals surface area (Å²) >= 11 is 0. The second kappa shape index (κ2) is 4.33. The van der Waals surface area contributed by atoms with Gasteiger partial charge in [0, 0.05) is 18.8 Å². The maximum atomic E-state index is 12.9. The lowest BCUT2D eigenvalue weighted by atomic mass is 9.89. The minimum Gasteiger partial charge on any atom is -0.322 e. The Bertz CT molecular complexity index is 430. The van der Waals surface area contributed by atoms with Crippen molar-refractivity contribution in [3.05, 3.63) is 30.1 Å². The smallest absolute Gasteiger partial charge is 0.321 e. The van der Waals surface area contributed by atoms with Gasteiger partial charge in [-0.15, -0.1) is 0 Å². The van der Waals surface area contributed by atoms with E-state index in [9.17, 15) is 9.18 Å². The molecule has 92 valence electrons. The number of rotatable bonds is 2. The normalized spacial score (nSPS) is 17.5. The molecule has 1 fully saturated rings. The van der Waals surface area contributed by atoms with Gasteiger partial charge >= 0.3 is 6.03 Å². The van der Waals surface area contributed by atoms with Gasteiger partial charge < -0.3 is 16.0 Å². The van der Waals surface area contributed by atoms with Gasteiger partial charge in [-0.2, -0.15) is 0 Å². The molecule has 1 aromatic rings. The summed E-state index contributed by atoms with van der Waals surface area (Å²) in [6.45, 7) is 3.09. The first kappa shape index (κ1) is 11.9. The second-order valence-corrected chi connectivity index (χ2v) is 4.51. The zero-order chi connectivity index (χ0) is 12.5. The first-order chi connectivity index (χ1) is 8.02. The minimum atomic E-state index is -0.367. The first-order valence-corrected chi connectivity index (χ1v) is 5.63. The molecule has 0 bridgehead atoms. The summed E-state index contributed by atoms with van der Waals surface area (Å²) in [4.78, 5) is 13.4. The third kappa shape index (κ3) is 2.55. The largest absolute Gasteiger partial charge is 0.322 e. The Hall–Kier alpha value is -1.62. The molecule has 5 heteroatoms. The third-order valence-corrected chi connectivity index (χ3v) is 3.08. The van der Waals surface area contributed by atoms with Crippen LogP contribution in [-0.4, -0.2) is 29.6 Å². The van der Waals surface area contributed by atoms with E-state index < -0.39 is 0 Å². The van der Waals surface area contributed by atoms with Gasteiger partial charge in [0.1, 0.15) is 5.82 Å². The van der Waals surface area contributed by atoms with Gasteiger partial charge in [0.05, 0.1) is 5.54 Å². The van der Waals surface area contributed by atoms with Gasteiger partial charge in [0.15, 0.2) is 0 Å². The van der Waals surface area contributed by atoms with Crippen molar-refractivity contribution in [2.75, 3.05) is 18.4 Å². The predicted molar refractivity (Wildman–Crippen MR) is 64.2 cm³/mol. The Balaban J connectivity index is 1.91. The van der Waals surface area contributed by atoms with Crippen LogP contribution >= 0.6 is 0 Å². The molecule has 17 heavy (non-hydrogen) atoms. The highest BCUT2D eigenvalue weighted by molar-refractivity contribution is 5.90. The molecule has 0 radical (unpaired) electrons. The van der Waals surface area contributed by atoms with Crippen LogP contribution < -0.4 is 11.1 Å². The summed E-state index contributed by atoms with van der Waals surface area (Å²) in [5, 5.41) is 2.64. The molecule has 0 aliphatic carbocycles. The van der Waals surface area contributed by atoms with Crippen molar-refractivity contribution < 1.29 is 9.18 Å². The van der Waals surface area contributed by atoms with Crippen LogP contribution in [0.4, 0.5) is 14.9 Å². The van der Waals surface area contributed by atoms with Crippen LogP contribution in [0.5, 0.6) is 0 Å². The molecular weight excluding hydrogens is 221 g/mol. The zero-order valence-corrected chi connectivity index (χ0v) is 9.74. The van der Waals surface area contributed by atoms with E-state index in [1.165, 1.54) is 12.1 Å². The molecule has 2 rings (SSSR count). The summed E-state index contributed by atoms with van der Waals surface area (Å²) in [6, 6.07) is 5.59. The topological polar surface area (TPSA) is 58.4 Å². The number of hydrogen-bond acceptors (Lipinski definition) is 2. The number of urea groups is 1. The number of amides is 2. The van der Waals surface area contributed by atoms with Crippen LogP contribution in [0.2, 0.25) is 0 Å². The molecule has 1 heterocycles. The number of carbonyl (C=O) groups excluding carboxylic acids is 1. The maximum Gasteiger partial charge on any atom is 0.321 e. The number of nitrogens with zero attached hydrogens (tertiary/aromatic N) is 1. The van der Waals surface area contributed by atoms with Crippen molar-refractivity contribution in [1.82, 2.24) is 4.90 Å². The van der Waals surface area contributed by atoms with E-state index in [0.29, 0.717) is 18.8 Å². The van der Waals surface area contributed by atoms with Crippen molar-refractivity contribution in [2.24, 2.45) is 5.73 Å². The van der Waals surface area contributed by atoms with Crippen LogP contribution in [0.3, 0.4) is 0 Å².